The number of fused-ring (bicyclic) bond motifs is 1. The number of ether oxygens (including phenoxy) is 1. The molecule has 11 heteroatoms. The molecule has 10 nitrogen and oxygen atoms in total. The Balaban J connectivity index is 1.60. The summed E-state index contributed by atoms with van der Waals surface area (Å²) in [4.78, 5) is 21.0. The van der Waals surface area contributed by atoms with Crippen LogP contribution in [0.5, 0.6) is 5.75 Å². The maximum absolute atomic E-state index is 12.2. The summed E-state index contributed by atoms with van der Waals surface area (Å²) >= 11 is 5.96. The number of hydrogen-bond acceptors (Lipinski definition) is 9. The second-order valence-electron chi connectivity index (χ2n) is 7.11. The highest BCUT2D eigenvalue weighted by molar-refractivity contribution is 6.30. The van der Waals surface area contributed by atoms with E-state index in [4.69, 9.17) is 21.6 Å². The molecule has 3 heterocycles. The number of nitriles is 1. The van der Waals surface area contributed by atoms with Crippen molar-refractivity contribution < 1.29 is 14.6 Å². The molecule has 0 unspecified atom stereocenters. The number of aromatic hydroxyl groups is 1. The summed E-state index contributed by atoms with van der Waals surface area (Å²) in [6.45, 7) is 2.91. The summed E-state index contributed by atoms with van der Waals surface area (Å²) in [6, 6.07) is 11.8. The van der Waals surface area contributed by atoms with Crippen molar-refractivity contribution in [1.29, 1.82) is 5.26 Å². The van der Waals surface area contributed by atoms with Crippen LogP contribution in [-0.4, -0.2) is 50.4 Å². The summed E-state index contributed by atoms with van der Waals surface area (Å²) in [5.74, 6) is 0.524. The molecule has 0 atom stereocenters. The van der Waals surface area contributed by atoms with Crippen LogP contribution >= 0.6 is 11.6 Å². The average molecular weight is 478 g/mol. The minimum atomic E-state index is -0.540. The number of nitrogens with zero attached hydrogens (tertiary/aromatic N) is 5. The molecule has 0 aliphatic rings. The largest absolute Gasteiger partial charge is 0.507 e. The highest BCUT2D eigenvalue weighted by Crippen LogP contribution is 2.32. The Hall–Kier alpha value is -4.36. The van der Waals surface area contributed by atoms with E-state index in [9.17, 15) is 9.90 Å². The van der Waals surface area contributed by atoms with Gasteiger partial charge in [-0.15, -0.1) is 0 Å². The van der Waals surface area contributed by atoms with Crippen molar-refractivity contribution in [2.45, 2.75) is 6.92 Å². The third kappa shape index (κ3) is 5.00. The van der Waals surface area contributed by atoms with Crippen molar-refractivity contribution >= 4 is 34.7 Å². The highest BCUT2D eigenvalue weighted by Gasteiger charge is 2.17. The minimum absolute atomic E-state index is 0.0309. The second-order valence-corrected chi connectivity index (χ2v) is 7.55. The van der Waals surface area contributed by atoms with Crippen molar-refractivity contribution in [3.63, 3.8) is 0 Å². The van der Waals surface area contributed by atoms with Gasteiger partial charge in [0.15, 0.2) is 11.5 Å². The van der Waals surface area contributed by atoms with Gasteiger partial charge in [-0.1, -0.05) is 11.6 Å². The van der Waals surface area contributed by atoms with E-state index in [1.807, 2.05) is 6.07 Å². The standard InChI is InChI=1S/C23H20ClN7O3/c1-2-34-23(33)17-10-19-22(27-8-7-26-21-6-3-14(11-25)12-28-21)29-18(13-31(19)30-17)16-5-4-15(24)9-20(16)32/h3-6,9-10,12-13,32H,2,7-8H2,1H3,(H,26,28)(H,27,29). The normalized spacial score (nSPS) is 10.6. The van der Waals surface area contributed by atoms with Crippen molar-refractivity contribution in [3.05, 3.63) is 65.1 Å². The molecule has 0 saturated carbocycles. The lowest BCUT2D eigenvalue weighted by Crippen LogP contribution is -2.15. The first kappa shape index (κ1) is 22.8. The van der Waals surface area contributed by atoms with Crippen molar-refractivity contribution in [1.82, 2.24) is 19.6 Å². The smallest absolute Gasteiger partial charge is 0.358 e. The van der Waals surface area contributed by atoms with E-state index in [1.165, 1.54) is 16.8 Å². The Morgan fingerprint density at radius 3 is 2.76 bits per heavy atom. The number of esters is 1. The van der Waals surface area contributed by atoms with Gasteiger partial charge in [0.25, 0.3) is 0 Å². The van der Waals surface area contributed by atoms with Gasteiger partial charge in [-0.3, -0.25) is 0 Å². The number of rotatable bonds is 8. The van der Waals surface area contributed by atoms with Gasteiger partial charge in [-0.05, 0) is 37.3 Å². The number of nitrogens with one attached hydrogen (secondary N) is 2. The molecule has 0 spiro atoms. The topological polar surface area (TPSA) is 137 Å². The van der Waals surface area contributed by atoms with Crippen molar-refractivity contribution in [3.8, 4) is 23.1 Å². The molecule has 0 bridgehead atoms. The highest BCUT2D eigenvalue weighted by atomic mass is 35.5. The zero-order valence-electron chi connectivity index (χ0n) is 18.1. The second kappa shape index (κ2) is 10.1. The monoisotopic (exact) mass is 477 g/mol. The summed E-state index contributed by atoms with van der Waals surface area (Å²) in [5.41, 5.74) is 2.09. The molecule has 4 aromatic rings. The fourth-order valence-corrected chi connectivity index (χ4v) is 3.38. The maximum Gasteiger partial charge on any atom is 0.358 e. The number of carbonyl (C=O) groups excluding carboxylic acids is 1. The molecule has 4 rings (SSSR count). The van der Waals surface area contributed by atoms with E-state index < -0.39 is 5.97 Å². The maximum atomic E-state index is 12.2. The van der Waals surface area contributed by atoms with Crippen LogP contribution < -0.4 is 10.6 Å². The lowest BCUT2D eigenvalue weighted by atomic mass is 10.1. The first-order valence-corrected chi connectivity index (χ1v) is 10.8. The zero-order valence-corrected chi connectivity index (χ0v) is 18.9. The fraction of sp³-hybridized carbons (Fsp3) is 0.174. The van der Waals surface area contributed by atoms with E-state index in [2.05, 4.69) is 25.7 Å². The van der Waals surface area contributed by atoms with Crippen LogP contribution in [0.3, 0.4) is 0 Å². The van der Waals surface area contributed by atoms with Crippen molar-refractivity contribution in [2.24, 2.45) is 0 Å². The van der Waals surface area contributed by atoms with Crippen LogP contribution in [0, 0.1) is 11.3 Å². The number of halogens is 1. The first-order chi connectivity index (χ1) is 16.5. The summed E-state index contributed by atoms with van der Waals surface area (Å²) in [7, 11) is 0. The van der Waals surface area contributed by atoms with E-state index in [0.29, 0.717) is 52.1 Å². The number of hydrogen-bond donors (Lipinski definition) is 3. The van der Waals surface area contributed by atoms with Crippen LogP contribution in [0.25, 0.3) is 16.8 Å². The molecule has 0 aliphatic carbocycles. The Morgan fingerprint density at radius 1 is 1.24 bits per heavy atom. The molecule has 0 aliphatic heterocycles. The van der Waals surface area contributed by atoms with Crippen LogP contribution in [0.15, 0.2) is 48.8 Å². The predicted molar refractivity (Wildman–Crippen MR) is 127 cm³/mol. The third-order valence-corrected chi connectivity index (χ3v) is 5.03. The van der Waals surface area contributed by atoms with E-state index in [-0.39, 0.29) is 18.1 Å². The lowest BCUT2D eigenvalue weighted by molar-refractivity contribution is 0.0519. The number of carbonyl (C=O) groups is 1. The van der Waals surface area contributed by atoms with Gasteiger partial charge in [-0.25, -0.2) is 19.3 Å². The van der Waals surface area contributed by atoms with Gasteiger partial charge in [0, 0.05) is 35.9 Å². The number of aromatic nitrogens is 4. The molecule has 172 valence electrons. The van der Waals surface area contributed by atoms with Gasteiger partial charge < -0.3 is 20.5 Å². The fourth-order valence-electron chi connectivity index (χ4n) is 3.21. The minimum Gasteiger partial charge on any atom is -0.507 e. The number of benzene rings is 1. The predicted octanol–water partition coefficient (Wildman–Crippen LogP) is 3.72. The Morgan fingerprint density at radius 2 is 2.06 bits per heavy atom. The van der Waals surface area contributed by atoms with Gasteiger partial charge in [0.05, 0.1) is 24.1 Å². The molecule has 0 saturated heterocycles. The molecule has 1 aromatic carbocycles. The van der Waals surface area contributed by atoms with E-state index in [1.54, 1.807) is 43.5 Å². The van der Waals surface area contributed by atoms with Gasteiger partial charge in [0.1, 0.15) is 23.2 Å². The quantitative estimate of drug-likeness (QED) is 0.256. The van der Waals surface area contributed by atoms with Crippen LogP contribution in [0.4, 0.5) is 11.6 Å². The molecular weight excluding hydrogens is 458 g/mol. The Labute approximate surface area is 199 Å². The SMILES string of the molecule is CCOC(=O)c1cc2c(NCCNc3ccc(C#N)cn3)nc(-c3ccc(Cl)cc3O)cn2n1. The Bertz CT molecular complexity index is 1380. The molecule has 0 amide bonds. The van der Waals surface area contributed by atoms with Crippen LogP contribution in [0.1, 0.15) is 23.0 Å². The summed E-state index contributed by atoms with van der Waals surface area (Å²) in [5, 5.41) is 30.3. The van der Waals surface area contributed by atoms with Gasteiger partial charge in [0.2, 0.25) is 0 Å². The van der Waals surface area contributed by atoms with Gasteiger partial charge in [-0.2, -0.15) is 10.4 Å². The summed E-state index contributed by atoms with van der Waals surface area (Å²) < 4.78 is 6.58. The first-order valence-electron chi connectivity index (χ1n) is 10.4. The molecular formula is C23H20ClN7O3. The van der Waals surface area contributed by atoms with E-state index in [0.717, 1.165) is 0 Å². The van der Waals surface area contributed by atoms with Crippen LogP contribution in [0.2, 0.25) is 5.02 Å². The number of phenols is 1. The number of pyridine rings is 1. The van der Waals surface area contributed by atoms with Crippen molar-refractivity contribution in [2.75, 3.05) is 30.3 Å². The molecule has 3 N–H and O–H groups in total. The zero-order chi connectivity index (χ0) is 24.1. The summed E-state index contributed by atoms with van der Waals surface area (Å²) in [6.07, 6.45) is 3.11. The van der Waals surface area contributed by atoms with E-state index >= 15 is 0 Å². The molecule has 3 aromatic heterocycles. The third-order valence-electron chi connectivity index (χ3n) is 4.79. The lowest BCUT2D eigenvalue weighted by Gasteiger charge is -2.11. The molecule has 34 heavy (non-hydrogen) atoms. The molecule has 0 fully saturated rings. The average Bonchev–Trinajstić information content (AvgIpc) is 3.27. The van der Waals surface area contributed by atoms with Crippen LogP contribution in [-0.2, 0) is 4.74 Å². The Kier molecular flexibility index (Phi) is 6.75. The molecule has 0 radical (unpaired) electrons. The van der Waals surface area contributed by atoms with Gasteiger partial charge >= 0.3 is 5.97 Å². The number of phenolic OH excluding ortho intramolecular Hbond substituents is 1. The number of anilines is 2.